The fourth-order valence-corrected chi connectivity index (χ4v) is 5.28. The number of nitrogens with one attached hydrogen (secondary N) is 2. The first kappa shape index (κ1) is 18.9. The van der Waals surface area contributed by atoms with Gasteiger partial charge < -0.3 is 4.98 Å². The van der Waals surface area contributed by atoms with Gasteiger partial charge in [-0.05, 0) is 48.9 Å². The summed E-state index contributed by atoms with van der Waals surface area (Å²) in [5.41, 5.74) is 2.70. The lowest BCUT2D eigenvalue weighted by Crippen LogP contribution is -2.33. The number of fused-ring (bicyclic) bond motifs is 2. The molecule has 2 aromatic carbocycles. The molecule has 0 saturated carbocycles. The first-order valence-corrected chi connectivity index (χ1v) is 11.2. The molecule has 4 rings (SSSR count). The van der Waals surface area contributed by atoms with Crippen molar-refractivity contribution in [2.45, 2.75) is 38.0 Å². The summed E-state index contributed by atoms with van der Waals surface area (Å²) in [6.45, 7) is 2.01. The molecule has 7 heteroatoms. The maximum absolute atomic E-state index is 15.0. The molecule has 0 radical (unpaired) electrons. The molecule has 148 valence electrons. The summed E-state index contributed by atoms with van der Waals surface area (Å²) in [6.07, 6.45) is 5.81. The monoisotopic (exact) mass is 404 g/mol. The average Bonchev–Trinajstić information content (AvgIpc) is 3.05. The van der Waals surface area contributed by atoms with Crippen molar-refractivity contribution in [2.24, 2.45) is 0 Å². The van der Waals surface area contributed by atoms with Gasteiger partial charge in [0, 0.05) is 28.6 Å². The van der Waals surface area contributed by atoms with Crippen molar-refractivity contribution in [3.8, 4) is 0 Å². The van der Waals surface area contributed by atoms with E-state index < -0.39 is 27.1 Å². The number of hydrogen-bond acceptors (Lipinski definition) is 2. The van der Waals surface area contributed by atoms with E-state index in [1.54, 1.807) is 12.1 Å². The van der Waals surface area contributed by atoms with E-state index >= 15 is 0 Å². The smallest absolute Gasteiger partial charge is 0.229 e. The van der Waals surface area contributed by atoms with E-state index in [-0.39, 0.29) is 0 Å². The Morgan fingerprint density at radius 2 is 2.04 bits per heavy atom. The van der Waals surface area contributed by atoms with Crippen molar-refractivity contribution in [3.05, 3.63) is 64.9 Å². The first-order chi connectivity index (χ1) is 13.2. The van der Waals surface area contributed by atoms with E-state index in [0.717, 1.165) is 36.1 Å². The molecule has 1 aliphatic carbocycles. The number of aromatic amines is 1. The Hall–Kier alpha value is -2.41. The molecule has 0 bridgehead atoms. The molecular formula is C21H22F2N2O2S. The summed E-state index contributed by atoms with van der Waals surface area (Å²) in [6, 6.07) is 7.77. The molecule has 1 atom stereocenters. The van der Waals surface area contributed by atoms with Gasteiger partial charge in [-0.2, -0.15) is 0 Å². The molecule has 0 amide bonds. The Labute approximate surface area is 163 Å². The van der Waals surface area contributed by atoms with Crippen LogP contribution in [0.1, 0.15) is 42.9 Å². The summed E-state index contributed by atoms with van der Waals surface area (Å²) < 4.78 is 54.7. The molecule has 0 spiro atoms. The van der Waals surface area contributed by atoms with E-state index in [9.17, 15) is 17.2 Å². The van der Waals surface area contributed by atoms with Crippen LogP contribution in [0.2, 0.25) is 0 Å². The Kier molecular flexibility index (Phi) is 4.45. The number of benzene rings is 2. The van der Waals surface area contributed by atoms with Crippen molar-refractivity contribution in [3.63, 3.8) is 0 Å². The number of para-hydroxylation sites is 1. The topological polar surface area (TPSA) is 62.0 Å². The van der Waals surface area contributed by atoms with Crippen molar-refractivity contribution in [1.82, 2.24) is 4.98 Å². The van der Waals surface area contributed by atoms with Crippen molar-refractivity contribution in [2.75, 3.05) is 11.0 Å². The van der Waals surface area contributed by atoms with E-state index in [4.69, 9.17) is 0 Å². The van der Waals surface area contributed by atoms with Gasteiger partial charge in [0.1, 0.15) is 11.6 Å². The number of hydrogen-bond donors (Lipinski definition) is 2. The van der Waals surface area contributed by atoms with Gasteiger partial charge in [-0.15, -0.1) is 0 Å². The summed E-state index contributed by atoms with van der Waals surface area (Å²) in [4.78, 5) is 3.17. The average molecular weight is 404 g/mol. The third kappa shape index (κ3) is 2.98. The third-order valence-corrected chi connectivity index (χ3v) is 6.39. The maximum atomic E-state index is 15.0. The van der Waals surface area contributed by atoms with Crippen molar-refractivity contribution >= 4 is 26.6 Å². The quantitative estimate of drug-likeness (QED) is 0.653. The Morgan fingerprint density at radius 3 is 2.75 bits per heavy atom. The minimum atomic E-state index is -3.44. The van der Waals surface area contributed by atoms with Crippen LogP contribution < -0.4 is 4.72 Å². The van der Waals surface area contributed by atoms with Gasteiger partial charge in [0.15, 0.2) is 0 Å². The minimum absolute atomic E-state index is 0.452. The third-order valence-electron chi connectivity index (χ3n) is 5.79. The normalized spacial score (nSPS) is 19.6. The molecule has 1 aromatic heterocycles. The van der Waals surface area contributed by atoms with Crippen molar-refractivity contribution < 1.29 is 17.2 Å². The summed E-state index contributed by atoms with van der Waals surface area (Å²) in [5, 5.41) is 0.840. The van der Waals surface area contributed by atoms with Crippen LogP contribution in [0.5, 0.6) is 0 Å². The Bertz CT molecular complexity index is 1170. The highest BCUT2D eigenvalue weighted by atomic mass is 32.2. The summed E-state index contributed by atoms with van der Waals surface area (Å²) >= 11 is 0. The van der Waals surface area contributed by atoms with Crippen LogP contribution in [-0.4, -0.2) is 19.7 Å². The highest BCUT2D eigenvalue weighted by Gasteiger charge is 2.41. The lowest BCUT2D eigenvalue weighted by atomic mass is 9.64. The number of anilines is 1. The molecule has 1 aliphatic rings. The second kappa shape index (κ2) is 6.58. The van der Waals surface area contributed by atoms with Crippen LogP contribution in [0.15, 0.2) is 36.5 Å². The van der Waals surface area contributed by atoms with Crippen LogP contribution in [0.3, 0.4) is 0 Å². The maximum Gasteiger partial charge on any atom is 0.229 e. The molecule has 2 N–H and O–H groups in total. The lowest BCUT2D eigenvalue weighted by Gasteiger charge is -2.39. The van der Waals surface area contributed by atoms with E-state index in [2.05, 4.69) is 9.71 Å². The van der Waals surface area contributed by atoms with Gasteiger partial charge in [0.25, 0.3) is 0 Å². The Balaban J connectivity index is 1.97. The molecule has 4 nitrogen and oxygen atoms in total. The molecular weight excluding hydrogens is 382 g/mol. The molecule has 0 fully saturated rings. The van der Waals surface area contributed by atoms with Gasteiger partial charge >= 0.3 is 0 Å². The van der Waals surface area contributed by atoms with Gasteiger partial charge in [0.05, 0.1) is 17.5 Å². The second-order valence-corrected chi connectivity index (χ2v) is 9.26. The number of rotatable bonds is 4. The number of sulfonamides is 1. The van der Waals surface area contributed by atoms with Gasteiger partial charge in [0.2, 0.25) is 10.0 Å². The zero-order chi connectivity index (χ0) is 20.1. The number of H-pyrrole nitrogens is 1. The zero-order valence-corrected chi connectivity index (χ0v) is 16.6. The second-order valence-electron chi connectivity index (χ2n) is 7.52. The van der Waals surface area contributed by atoms with Crippen LogP contribution in [0.25, 0.3) is 10.9 Å². The fraction of sp³-hybridized carbons (Fsp3) is 0.333. The minimum Gasteiger partial charge on any atom is -0.359 e. The molecule has 1 heterocycles. The SMILES string of the molecule is CCC1(c2c[nH]c3c(NS(C)(=O)=O)cccc23)CCCc2cc(F)cc(F)c21. The van der Waals surface area contributed by atoms with E-state index in [1.807, 2.05) is 19.2 Å². The molecule has 28 heavy (non-hydrogen) atoms. The zero-order valence-electron chi connectivity index (χ0n) is 15.8. The van der Waals surface area contributed by atoms with Crippen LogP contribution in [-0.2, 0) is 21.9 Å². The van der Waals surface area contributed by atoms with Crippen molar-refractivity contribution in [1.29, 1.82) is 0 Å². The molecule has 3 aromatic rings. The predicted molar refractivity (Wildman–Crippen MR) is 107 cm³/mol. The van der Waals surface area contributed by atoms with E-state index in [1.165, 1.54) is 6.07 Å². The molecule has 0 saturated heterocycles. The fourth-order valence-electron chi connectivity index (χ4n) is 4.71. The standard InChI is InChI=1S/C21H22F2N2O2S/c1-3-21(9-5-6-13-10-14(22)11-17(23)19(13)21)16-12-24-20-15(16)7-4-8-18(20)25-28(2,26)27/h4,7-8,10-12,24-25H,3,5-6,9H2,1-2H3. The lowest BCUT2D eigenvalue weighted by molar-refractivity contribution is 0.392. The van der Waals surface area contributed by atoms with Gasteiger partial charge in [-0.25, -0.2) is 17.2 Å². The first-order valence-electron chi connectivity index (χ1n) is 9.32. The van der Waals surface area contributed by atoms with E-state index in [0.29, 0.717) is 35.2 Å². The van der Waals surface area contributed by atoms with Gasteiger partial charge in [-0.3, -0.25) is 4.72 Å². The molecule has 0 aliphatic heterocycles. The van der Waals surface area contributed by atoms with Gasteiger partial charge in [-0.1, -0.05) is 19.1 Å². The number of aryl methyl sites for hydroxylation is 1. The predicted octanol–water partition coefficient (Wildman–Crippen LogP) is 4.85. The summed E-state index contributed by atoms with van der Waals surface area (Å²) in [5.74, 6) is -1.07. The highest BCUT2D eigenvalue weighted by Crippen LogP contribution is 2.49. The largest absolute Gasteiger partial charge is 0.359 e. The highest BCUT2D eigenvalue weighted by molar-refractivity contribution is 7.92. The van der Waals surface area contributed by atoms with Crippen LogP contribution in [0.4, 0.5) is 14.5 Å². The number of halogens is 2. The summed E-state index contributed by atoms with van der Waals surface area (Å²) in [7, 11) is -3.44. The van der Waals surface area contributed by atoms with Crippen LogP contribution >= 0.6 is 0 Å². The molecule has 1 unspecified atom stereocenters. The Morgan fingerprint density at radius 1 is 1.25 bits per heavy atom. The van der Waals surface area contributed by atoms with Crippen LogP contribution in [0, 0.1) is 11.6 Å². The number of aromatic nitrogens is 1.